The molecule has 0 aliphatic rings. The molecule has 0 spiro atoms. The minimum Gasteiger partial charge on any atom is -0.118 e. The molecule has 0 N–H and O–H groups in total. The molecule has 0 amide bonds. The molecule has 0 unspecified atom stereocenters. The van der Waals surface area contributed by atoms with E-state index in [1.165, 1.54) is 0 Å². The zero-order valence-corrected chi connectivity index (χ0v) is 8.37. The van der Waals surface area contributed by atoms with Crippen LogP contribution < -0.4 is 0 Å². The van der Waals surface area contributed by atoms with Crippen molar-refractivity contribution in [3.8, 4) is 23.7 Å². The van der Waals surface area contributed by atoms with Crippen LogP contribution in [0.4, 0.5) is 0 Å². The number of hydrogen-bond acceptors (Lipinski definition) is 1. The fourth-order valence-corrected chi connectivity index (χ4v) is 1.51. The molecule has 0 aliphatic carbocycles. The van der Waals surface area contributed by atoms with Crippen molar-refractivity contribution in [2.75, 3.05) is 0 Å². The first-order valence-corrected chi connectivity index (χ1v) is 4.89. The summed E-state index contributed by atoms with van der Waals surface area (Å²) in [5.41, 5.74) is 0. The number of thiophene rings is 1. The SMILES string of the molecule is C=CC#Cc1ccc(C#CCC)s1. The van der Waals surface area contributed by atoms with Gasteiger partial charge >= 0.3 is 0 Å². The summed E-state index contributed by atoms with van der Waals surface area (Å²) in [5, 5.41) is 0. The molecule has 0 bridgehead atoms. The molecule has 1 aromatic rings. The first kappa shape index (κ1) is 9.65. The zero-order valence-electron chi connectivity index (χ0n) is 7.55. The number of hydrogen-bond donors (Lipinski definition) is 0. The summed E-state index contributed by atoms with van der Waals surface area (Å²) in [6.45, 7) is 5.58. The first-order chi connectivity index (χ1) is 6.36. The van der Waals surface area contributed by atoms with Gasteiger partial charge in [0, 0.05) is 6.42 Å². The highest BCUT2D eigenvalue weighted by Gasteiger charge is 1.92. The molecule has 1 heterocycles. The van der Waals surface area contributed by atoms with E-state index in [0.29, 0.717) is 0 Å². The largest absolute Gasteiger partial charge is 0.118 e. The van der Waals surface area contributed by atoms with Gasteiger partial charge in [0.05, 0.1) is 9.75 Å². The summed E-state index contributed by atoms with van der Waals surface area (Å²) >= 11 is 1.62. The van der Waals surface area contributed by atoms with E-state index in [2.05, 4.69) is 30.3 Å². The predicted octanol–water partition coefficient (Wildman–Crippen LogP) is 3.05. The molecule has 1 aromatic heterocycles. The van der Waals surface area contributed by atoms with E-state index in [9.17, 15) is 0 Å². The molecule has 1 heteroatoms. The maximum atomic E-state index is 3.54. The quantitative estimate of drug-likeness (QED) is 0.546. The molecular weight excluding hydrogens is 176 g/mol. The topological polar surface area (TPSA) is 0 Å². The van der Waals surface area contributed by atoms with Crippen LogP contribution >= 0.6 is 11.3 Å². The van der Waals surface area contributed by atoms with Crippen molar-refractivity contribution < 1.29 is 0 Å². The Bertz CT molecular complexity index is 402. The van der Waals surface area contributed by atoms with Gasteiger partial charge in [-0.05, 0) is 18.2 Å². The average molecular weight is 186 g/mol. The molecule has 0 saturated carbocycles. The van der Waals surface area contributed by atoms with Gasteiger partial charge in [-0.3, -0.25) is 0 Å². The number of rotatable bonds is 0. The van der Waals surface area contributed by atoms with Crippen LogP contribution in [0.15, 0.2) is 24.8 Å². The molecule has 0 atom stereocenters. The van der Waals surface area contributed by atoms with Crippen LogP contribution in [0.3, 0.4) is 0 Å². The summed E-state index contributed by atoms with van der Waals surface area (Å²) in [6, 6.07) is 3.99. The summed E-state index contributed by atoms with van der Waals surface area (Å²) in [7, 11) is 0. The van der Waals surface area contributed by atoms with Gasteiger partial charge in [0.1, 0.15) is 0 Å². The molecule has 0 fully saturated rings. The second-order valence-corrected chi connectivity index (χ2v) is 3.38. The molecule has 0 nitrogen and oxygen atoms in total. The summed E-state index contributed by atoms with van der Waals surface area (Å²) < 4.78 is 0. The molecule has 64 valence electrons. The standard InChI is InChI=1S/C12H10S/c1-3-5-7-11-9-10-12(13-11)8-6-4-2/h3,9-10H,1,4H2,2H3. The molecule has 13 heavy (non-hydrogen) atoms. The Labute approximate surface area is 83.3 Å². The average Bonchev–Trinajstić information content (AvgIpc) is 2.59. The van der Waals surface area contributed by atoms with Crippen molar-refractivity contribution in [2.24, 2.45) is 0 Å². The Morgan fingerprint density at radius 3 is 2.69 bits per heavy atom. The van der Waals surface area contributed by atoms with E-state index in [1.54, 1.807) is 17.4 Å². The van der Waals surface area contributed by atoms with Crippen LogP contribution in [0.2, 0.25) is 0 Å². The fourth-order valence-electron chi connectivity index (χ4n) is 0.770. The van der Waals surface area contributed by atoms with E-state index in [4.69, 9.17) is 0 Å². The third-order valence-corrected chi connectivity index (χ3v) is 2.21. The van der Waals surface area contributed by atoms with Crippen LogP contribution in [0.25, 0.3) is 0 Å². The molecule has 0 aromatic carbocycles. The minimum absolute atomic E-state index is 0.894. The van der Waals surface area contributed by atoms with Crippen molar-refractivity contribution >= 4 is 11.3 Å². The normalized spacial score (nSPS) is 7.77. The van der Waals surface area contributed by atoms with Gasteiger partial charge in [-0.15, -0.1) is 11.3 Å². The van der Waals surface area contributed by atoms with Gasteiger partial charge in [-0.25, -0.2) is 0 Å². The third-order valence-electron chi connectivity index (χ3n) is 1.29. The van der Waals surface area contributed by atoms with Gasteiger partial charge in [0.15, 0.2) is 0 Å². The van der Waals surface area contributed by atoms with Crippen LogP contribution in [-0.4, -0.2) is 0 Å². The Balaban J connectivity index is 2.80. The van der Waals surface area contributed by atoms with Gasteiger partial charge in [0.2, 0.25) is 0 Å². The van der Waals surface area contributed by atoms with Crippen molar-refractivity contribution in [1.29, 1.82) is 0 Å². The second kappa shape index (κ2) is 5.25. The zero-order chi connectivity index (χ0) is 9.52. The molecule has 1 rings (SSSR count). The van der Waals surface area contributed by atoms with Crippen LogP contribution in [-0.2, 0) is 0 Å². The molecule has 0 aliphatic heterocycles. The Morgan fingerprint density at radius 2 is 2.08 bits per heavy atom. The van der Waals surface area contributed by atoms with E-state index in [0.717, 1.165) is 16.2 Å². The first-order valence-electron chi connectivity index (χ1n) is 4.08. The van der Waals surface area contributed by atoms with Crippen molar-refractivity contribution in [3.05, 3.63) is 34.5 Å². The lowest BCUT2D eigenvalue weighted by molar-refractivity contribution is 1.28. The lowest BCUT2D eigenvalue weighted by atomic mass is 10.4. The van der Waals surface area contributed by atoms with Crippen LogP contribution in [0.1, 0.15) is 23.1 Å². The van der Waals surface area contributed by atoms with Gasteiger partial charge in [0.25, 0.3) is 0 Å². The van der Waals surface area contributed by atoms with Crippen LogP contribution in [0, 0.1) is 23.7 Å². The summed E-state index contributed by atoms with van der Waals surface area (Å²) in [4.78, 5) is 2.12. The maximum absolute atomic E-state index is 3.54. The lowest BCUT2D eigenvalue weighted by Gasteiger charge is -1.75. The van der Waals surface area contributed by atoms with E-state index in [-0.39, 0.29) is 0 Å². The van der Waals surface area contributed by atoms with Gasteiger partial charge in [-0.2, -0.15) is 0 Å². The number of allylic oxidation sites excluding steroid dienone is 1. The maximum Gasteiger partial charge on any atom is 0.0785 e. The highest BCUT2D eigenvalue weighted by Crippen LogP contribution is 2.13. The van der Waals surface area contributed by atoms with Gasteiger partial charge < -0.3 is 0 Å². The monoisotopic (exact) mass is 186 g/mol. The Kier molecular flexibility index (Phi) is 3.89. The molecule has 0 saturated heterocycles. The van der Waals surface area contributed by atoms with Crippen molar-refractivity contribution in [2.45, 2.75) is 13.3 Å². The lowest BCUT2D eigenvalue weighted by Crippen LogP contribution is -1.59. The minimum atomic E-state index is 0.894. The third kappa shape index (κ3) is 3.20. The second-order valence-electron chi connectivity index (χ2n) is 2.29. The van der Waals surface area contributed by atoms with Crippen LogP contribution in [0.5, 0.6) is 0 Å². The van der Waals surface area contributed by atoms with E-state index < -0.39 is 0 Å². The highest BCUT2D eigenvalue weighted by molar-refractivity contribution is 7.13. The predicted molar refractivity (Wildman–Crippen MR) is 58.6 cm³/mol. The Hall–Kier alpha value is -1.44. The molecular formula is C12H10S. The van der Waals surface area contributed by atoms with E-state index in [1.807, 2.05) is 19.1 Å². The smallest absolute Gasteiger partial charge is 0.0785 e. The van der Waals surface area contributed by atoms with E-state index >= 15 is 0 Å². The van der Waals surface area contributed by atoms with Crippen molar-refractivity contribution in [1.82, 2.24) is 0 Å². The highest BCUT2D eigenvalue weighted by atomic mass is 32.1. The fraction of sp³-hybridized carbons (Fsp3) is 0.167. The summed E-state index contributed by atoms with van der Waals surface area (Å²) in [5.74, 6) is 11.9. The summed E-state index contributed by atoms with van der Waals surface area (Å²) in [6.07, 6.45) is 2.49. The molecule has 0 radical (unpaired) electrons. The van der Waals surface area contributed by atoms with Crippen molar-refractivity contribution in [3.63, 3.8) is 0 Å². The Morgan fingerprint density at radius 1 is 1.38 bits per heavy atom. The van der Waals surface area contributed by atoms with Gasteiger partial charge in [-0.1, -0.05) is 37.2 Å².